The summed E-state index contributed by atoms with van der Waals surface area (Å²) in [4.78, 5) is 0. The Kier molecular flexibility index (Phi) is 2.59. The maximum atomic E-state index is 11.3. The van der Waals surface area contributed by atoms with Gasteiger partial charge in [0.15, 0.2) is 0 Å². The van der Waals surface area contributed by atoms with Crippen LogP contribution in [0, 0.1) is 0 Å². The van der Waals surface area contributed by atoms with E-state index in [4.69, 9.17) is 22.3 Å². The highest BCUT2D eigenvalue weighted by Crippen LogP contribution is 2.48. The first-order chi connectivity index (χ1) is 6.43. The molecule has 1 aliphatic carbocycles. The molecule has 1 fully saturated rings. The highest BCUT2D eigenvalue weighted by atomic mass is 35.7. The molecule has 14 heavy (non-hydrogen) atoms. The molecule has 2 nitrogen and oxygen atoms in total. The minimum absolute atomic E-state index is 0.488. The third kappa shape index (κ3) is 1.94. The van der Waals surface area contributed by atoms with Crippen molar-refractivity contribution in [1.29, 1.82) is 0 Å². The zero-order chi connectivity index (χ0) is 10.4. The average molecular weight is 271 g/mol. The monoisotopic (exact) mass is 270 g/mol. The fraction of sp³-hybridized carbons (Fsp3) is 0.500. The molecule has 1 aromatic heterocycles. The van der Waals surface area contributed by atoms with Gasteiger partial charge in [-0.3, -0.25) is 0 Å². The Morgan fingerprint density at radius 1 is 1.50 bits per heavy atom. The summed E-state index contributed by atoms with van der Waals surface area (Å²) in [5.41, 5.74) is 0.960. The highest BCUT2D eigenvalue weighted by molar-refractivity contribution is 8.15. The van der Waals surface area contributed by atoms with E-state index in [1.54, 1.807) is 6.07 Å². The molecule has 78 valence electrons. The quantitative estimate of drug-likeness (QED) is 0.792. The van der Waals surface area contributed by atoms with Crippen molar-refractivity contribution in [2.24, 2.45) is 0 Å². The zero-order valence-electron chi connectivity index (χ0n) is 7.16. The van der Waals surface area contributed by atoms with Gasteiger partial charge < -0.3 is 0 Å². The number of hydrogen-bond donors (Lipinski definition) is 0. The Hall–Kier alpha value is 0.230. The molecular weight excluding hydrogens is 263 g/mol. The summed E-state index contributed by atoms with van der Waals surface area (Å²) in [6.45, 7) is 0. The predicted molar refractivity (Wildman–Crippen MR) is 59.8 cm³/mol. The molecule has 0 spiro atoms. The Morgan fingerprint density at radius 3 is 2.50 bits per heavy atom. The van der Waals surface area contributed by atoms with Crippen LogP contribution in [0.4, 0.5) is 0 Å². The maximum Gasteiger partial charge on any atom is 0.238 e. The van der Waals surface area contributed by atoms with Crippen LogP contribution in [0.3, 0.4) is 0 Å². The lowest BCUT2D eigenvalue weighted by Crippen LogP contribution is -2.20. The molecule has 1 aliphatic rings. The van der Waals surface area contributed by atoms with Gasteiger partial charge in [-0.15, -0.1) is 11.3 Å². The Balaban J connectivity index is 2.20. The van der Waals surface area contributed by atoms with Crippen LogP contribution in [0.15, 0.2) is 11.4 Å². The van der Waals surface area contributed by atoms with E-state index in [1.807, 2.05) is 5.38 Å². The largest absolute Gasteiger partial charge is 0.238 e. The van der Waals surface area contributed by atoms with Gasteiger partial charge in [-0.25, -0.2) is 8.42 Å². The standard InChI is InChI=1S/C8H8Cl2O2S2/c9-7-3-6(5-13-7)4-8(1-2-8)14(10,11)12/h3,5H,1-2,4H2. The van der Waals surface area contributed by atoms with Gasteiger partial charge >= 0.3 is 0 Å². The lowest BCUT2D eigenvalue weighted by Gasteiger charge is -2.08. The third-order valence-corrected chi connectivity index (χ3v) is 6.18. The second kappa shape index (κ2) is 3.37. The number of hydrogen-bond acceptors (Lipinski definition) is 3. The van der Waals surface area contributed by atoms with Crippen LogP contribution in [0.25, 0.3) is 0 Å². The number of thiophene rings is 1. The van der Waals surface area contributed by atoms with Gasteiger partial charge in [-0.2, -0.15) is 0 Å². The summed E-state index contributed by atoms with van der Waals surface area (Å²) in [6.07, 6.45) is 1.81. The van der Waals surface area contributed by atoms with Crippen LogP contribution in [0.2, 0.25) is 4.34 Å². The van der Waals surface area contributed by atoms with Crippen LogP contribution in [-0.2, 0) is 15.5 Å². The Labute approximate surface area is 96.3 Å². The van der Waals surface area contributed by atoms with Crippen LogP contribution in [-0.4, -0.2) is 13.2 Å². The van der Waals surface area contributed by atoms with Gasteiger partial charge in [0.25, 0.3) is 0 Å². The first kappa shape index (κ1) is 10.7. The summed E-state index contributed by atoms with van der Waals surface area (Å²) in [5, 5.41) is 1.88. The van der Waals surface area contributed by atoms with Crippen molar-refractivity contribution in [3.05, 3.63) is 21.3 Å². The van der Waals surface area contributed by atoms with Crippen molar-refractivity contribution in [3.63, 3.8) is 0 Å². The fourth-order valence-electron chi connectivity index (χ4n) is 1.46. The van der Waals surface area contributed by atoms with Crippen LogP contribution in [0.5, 0.6) is 0 Å². The summed E-state index contributed by atoms with van der Waals surface area (Å²) in [5.74, 6) is 0. The molecule has 0 saturated heterocycles. The van der Waals surface area contributed by atoms with Crippen molar-refractivity contribution in [2.75, 3.05) is 0 Å². The number of halogens is 2. The lowest BCUT2D eigenvalue weighted by atomic mass is 10.2. The molecule has 1 aromatic rings. The summed E-state index contributed by atoms with van der Waals surface area (Å²) >= 11 is 7.17. The SMILES string of the molecule is O=S(=O)(Cl)C1(Cc2csc(Cl)c2)CC1. The molecule has 0 amide bonds. The van der Waals surface area contributed by atoms with E-state index in [0.717, 1.165) is 5.56 Å². The molecule has 0 atom stereocenters. The topological polar surface area (TPSA) is 34.1 Å². The van der Waals surface area contributed by atoms with Crippen molar-refractivity contribution in [3.8, 4) is 0 Å². The molecule has 2 rings (SSSR count). The van der Waals surface area contributed by atoms with Crippen molar-refractivity contribution >= 4 is 42.7 Å². The van der Waals surface area contributed by atoms with E-state index < -0.39 is 13.8 Å². The van der Waals surface area contributed by atoms with Gasteiger partial charge in [-0.1, -0.05) is 11.6 Å². The van der Waals surface area contributed by atoms with Gasteiger partial charge in [0.1, 0.15) is 0 Å². The molecule has 0 bridgehead atoms. The molecule has 1 heterocycles. The van der Waals surface area contributed by atoms with Crippen molar-refractivity contribution < 1.29 is 8.42 Å². The average Bonchev–Trinajstić information content (AvgIpc) is 2.71. The van der Waals surface area contributed by atoms with E-state index in [2.05, 4.69) is 0 Å². The minimum Gasteiger partial charge on any atom is -0.212 e. The maximum absolute atomic E-state index is 11.3. The van der Waals surface area contributed by atoms with Gasteiger partial charge in [-0.05, 0) is 36.3 Å². The van der Waals surface area contributed by atoms with Gasteiger partial charge in [0, 0.05) is 10.7 Å². The molecule has 0 aromatic carbocycles. The normalized spacial score (nSPS) is 19.6. The smallest absolute Gasteiger partial charge is 0.212 e. The third-order valence-electron chi connectivity index (χ3n) is 2.47. The number of rotatable bonds is 3. The zero-order valence-corrected chi connectivity index (χ0v) is 10.3. The Morgan fingerprint density at radius 2 is 2.14 bits per heavy atom. The molecule has 1 saturated carbocycles. The van der Waals surface area contributed by atoms with Crippen LogP contribution < -0.4 is 0 Å². The molecule has 0 aliphatic heterocycles. The van der Waals surface area contributed by atoms with Crippen molar-refractivity contribution in [2.45, 2.75) is 24.0 Å². The van der Waals surface area contributed by atoms with Gasteiger partial charge in [0.2, 0.25) is 9.05 Å². The van der Waals surface area contributed by atoms with Crippen molar-refractivity contribution in [1.82, 2.24) is 0 Å². The molecule has 0 unspecified atom stereocenters. The predicted octanol–water partition coefficient (Wildman–Crippen LogP) is 3.05. The molecule has 0 N–H and O–H groups in total. The fourth-order valence-corrected chi connectivity index (χ4v) is 3.92. The summed E-state index contributed by atoms with van der Waals surface area (Å²) < 4.78 is 22.5. The second-order valence-electron chi connectivity index (χ2n) is 3.56. The van der Waals surface area contributed by atoms with Gasteiger partial charge in [0.05, 0.1) is 9.08 Å². The van der Waals surface area contributed by atoms with Crippen LogP contribution in [0.1, 0.15) is 18.4 Å². The van der Waals surface area contributed by atoms with E-state index in [1.165, 1.54) is 11.3 Å². The first-order valence-electron chi connectivity index (χ1n) is 4.10. The molecule has 0 radical (unpaired) electrons. The minimum atomic E-state index is -3.45. The van der Waals surface area contributed by atoms with E-state index in [9.17, 15) is 8.42 Å². The Bertz CT molecular complexity index is 446. The van der Waals surface area contributed by atoms with Crippen LogP contribution >= 0.6 is 33.6 Å². The molecular formula is C8H8Cl2O2S2. The highest BCUT2D eigenvalue weighted by Gasteiger charge is 2.53. The van der Waals surface area contributed by atoms with E-state index >= 15 is 0 Å². The summed E-state index contributed by atoms with van der Waals surface area (Å²) in [6, 6.07) is 1.80. The first-order valence-corrected chi connectivity index (χ1v) is 7.67. The summed E-state index contributed by atoms with van der Waals surface area (Å²) in [7, 11) is 1.94. The van der Waals surface area contributed by atoms with E-state index in [-0.39, 0.29) is 0 Å². The molecule has 6 heteroatoms. The van der Waals surface area contributed by atoms with E-state index in [0.29, 0.717) is 23.6 Å². The second-order valence-corrected chi connectivity index (χ2v) is 8.06. The lowest BCUT2D eigenvalue weighted by molar-refractivity contribution is 0.590.